The van der Waals surface area contributed by atoms with E-state index in [1.54, 1.807) is 43.7 Å². The lowest BCUT2D eigenvalue weighted by Gasteiger charge is -2.35. The van der Waals surface area contributed by atoms with Gasteiger partial charge in [0.15, 0.2) is 0 Å². The van der Waals surface area contributed by atoms with Gasteiger partial charge in [-0.15, -0.1) is 13.2 Å². The highest BCUT2D eigenvalue weighted by atomic mass is 19.4. The first-order chi connectivity index (χ1) is 14.3. The Morgan fingerprint density at radius 3 is 2.58 bits per heavy atom. The van der Waals surface area contributed by atoms with Gasteiger partial charge in [-0.1, -0.05) is 12.1 Å². The molecular formula is C21H24F3N3O4. The zero-order valence-electron chi connectivity index (χ0n) is 17.4. The molecule has 3 rings (SSSR count). The van der Waals surface area contributed by atoms with Crippen LogP contribution in [-0.4, -0.2) is 51.6 Å². The number of rotatable bonds is 5. The first kappa shape index (κ1) is 22.5. The molecule has 168 valence electrons. The third-order valence-corrected chi connectivity index (χ3v) is 5.10. The molecule has 0 fully saturated rings. The maximum Gasteiger partial charge on any atom is 0.573 e. The van der Waals surface area contributed by atoms with Gasteiger partial charge in [0.2, 0.25) is 0 Å². The molecule has 1 aromatic carbocycles. The number of fused-ring (bicyclic) bond motifs is 1. The van der Waals surface area contributed by atoms with Gasteiger partial charge in [0.25, 0.3) is 5.91 Å². The van der Waals surface area contributed by atoms with Crippen molar-refractivity contribution in [1.82, 2.24) is 14.8 Å². The lowest BCUT2D eigenvalue weighted by atomic mass is 10.0. The van der Waals surface area contributed by atoms with Crippen LogP contribution in [0.4, 0.5) is 18.0 Å². The number of ether oxygens (including phenoxy) is 1. The van der Waals surface area contributed by atoms with E-state index >= 15 is 0 Å². The van der Waals surface area contributed by atoms with E-state index < -0.39 is 18.0 Å². The summed E-state index contributed by atoms with van der Waals surface area (Å²) in [6.45, 7) is 6.01. The Morgan fingerprint density at radius 2 is 1.97 bits per heavy atom. The SMILES string of the molecule is CC(C)(C)N(CC[C@H]1CNC(=O)c2cc(-c3cccc(OC(F)(F)F)c3)cn21)C(=O)O. The van der Waals surface area contributed by atoms with Crippen molar-refractivity contribution in [2.75, 3.05) is 13.1 Å². The second-order valence-corrected chi connectivity index (χ2v) is 8.35. The van der Waals surface area contributed by atoms with E-state index in [9.17, 15) is 27.9 Å². The lowest BCUT2D eigenvalue weighted by Crippen LogP contribution is -2.47. The number of carboxylic acid groups (broad SMARTS) is 1. The average Bonchev–Trinajstić information content (AvgIpc) is 3.07. The number of benzene rings is 1. The number of carbonyl (C=O) groups is 2. The van der Waals surface area contributed by atoms with Gasteiger partial charge in [0, 0.05) is 30.4 Å². The van der Waals surface area contributed by atoms with Crippen molar-refractivity contribution < 1.29 is 32.6 Å². The third kappa shape index (κ3) is 5.31. The van der Waals surface area contributed by atoms with Gasteiger partial charge < -0.3 is 24.6 Å². The maximum absolute atomic E-state index is 12.5. The zero-order valence-corrected chi connectivity index (χ0v) is 17.4. The number of amides is 2. The number of nitrogens with zero attached hydrogens (tertiary/aromatic N) is 2. The van der Waals surface area contributed by atoms with Gasteiger partial charge in [-0.25, -0.2) is 4.79 Å². The summed E-state index contributed by atoms with van der Waals surface area (Å²) in [6, 6.07) is 6.94. The van der Waals surface area contributed by atoms with E-state index in [1.165, 1.54) is 23.1 Å². The molecule has 10 heteroatoms. The van der Waals surface area contributed by atoms with Crippen LogP contribution < -0.4 is 10.1 Å². The first-order valence-electron chi connectivity index (χ1n) is 9.72. The fraction of sp³-hybridized carbons (Fsp3) is 0.429. The van der Waals surface area contributed by atoms with Crippen LogP contribution >= 0.6 is 0 Å². The lowest BCUT2D eigenvalue weighted by molar-refractivity contribution is -0.274. The maximum atomic E-state index is 12.5. The Kier molecular flexibility index (Phi) is 5.93. The minimum absolute atomic E-state index is 0.194. The predicted octanol–water partition coefficient (Wildman–Crippen LogP) is 4.51. The van der Waals surface area contributed by atoms with E-state index in [2.05, 4.69) is 10.1 Å². The first-order valence-corrected chi connectivity index (χ1v) is 9.72. The van der Waals surface area contributed by atoms with Crippen LogP contribution in [0.3, 0.4) is 0 Å². The Bertz CT molecular complexity index is 979. The standard InChI is InChI=1S/C21H24F3N3O4/c1-20(2,3)27(19(29)30)8-7-15-11-25-18(28)17-10-14(12-26(15)17)13-5-4-6-16(9-13)31-21(22,23)24/h4-6,9-10,12,15H,7-8,11H2,1-3H3,(H,25,28)(H,29,30)/t15-/m0/s1. The summed E-state index contributed by atoms with van der Waals surface area (Å²) >= 11 is 0. The summed E-state index contributed by atoms with van der Waals surface area (Å²) < 4.78 is 43.3. The van der Waals surface area contributed by atoms with Crippen molar-refractivity contribution in [3.8, 4) is 16.9 Å². The molecule has 1 aliphatic heterocycles. The fourth-order valence-electron chi connectivity index (χ4n) is 3.63. The second kappa shape index (κ2) is 8.16. The van der Waals surface area contributed by atoms with Crippen LogP contribution in [0.2, 0.25) is 0 Å². The highest BCUT2D eigenvalue weighted by Gasteiger charge is 2.32. The molecule has 0 unspecified atom stereocenters. The van der Waals surface area contributed by atoms with Crippen LogP contribution in [0.25, 0.3) is 11.1 Å². The van der Waals surface area contributed by atoms with Crippen LogP contribution in [-0.2, 0) is 0 Å². The van der Waals surface area contributed by atoms with E-state index in [4.69, 9.17) is 0 Å². The quantitative estimate of drug-likeness (QED) is 0.718. The molecule has 1 aliphatic rings. The molecule has 0 saturated heterocycles. The van der Waals surface area contributed by atoms with Crippen molar-refractivity contribution >= 4 is 12.0 Å². The van der Waals surface area contributed by atoms with Crippen molar-refractivity contribution in [2.24, 2.45) is 0 Å². The Hall–Kier alpha value is -3.17. The molecular weight excluding hydrogens is 415 g/mol. The Morgan fingerprint density at radius 1 is 1.26 bits per heavy atom. The smallest absolute Gasteiger partial charge is 0.465 e. The molecule has 31 heavy (non-hydrogen) atoms. The van der Waals surface area contributed by atoms with Gasteiger partial charge in [0.1, 0.15) is 11.4 Å². The van der Waals surface area contributed by atoms with Crippen LogP contribution in [0.1, 0.15) is 43.7 Å². The molecule has 0 spiro atoms. The van der Waals surface area contributed by atoms with Crippen LogP contribution in [0.5, 0.6) is 5.75 Å². The Balaban J connectivity index is 1.86. The average molecular weight is 439 g/mol. The molecule has 1 aromatic heterocycles. The summed E-state index contributed by atoms with van der Waals surface area (Å²) in [4.78, 5) is 25.3. The molecule has 0 saturated carbocycles. The predicted molar refractivity (Wildman–Crippen MR) is 107 cm³/mol. The van der Waals surface area contributed by atoms with Crippen molar-refractivity contribution in [3.05, 3.63) is 42.2 Å². The number of nitrogens with one attached hydrogen (secondary N) is 1. The fourth-order valence-corrected chi connectivity index (χ4v) is 3.63. The van der Waals surface area contributed by atoms with E-state index in [1.807, 2.05) is 0 Å². The van der Waals surface area contributed by atoms with Crippen LogP contribution in [0.15, 0.2) is 36.5 Å². The van der Waals surface area contributed by atoms with Crippen LogP contribution in [0, 0.1) is 0 Å². The number of alkyl halides is 3. The third-order valence-electron chi connectivity index (χ3n) is 5.10. The van der Waals surface area contributed by atoms with Gasteiger partial charge in [-0.3, -0.25) is 4.79 Å². The largest absolute Gasteiger partial charge is 0.573 e. The molecule has 0 bridgehead atoms. The van der Waals surface area contributed by atoms with Gasteiger partial charge in [-0.2, -0.15) is 0 Å². The molecule has 0 radical (unpaired) electrons. The van der Waals surface area contributed by atoms with Crippen molar-refractivity contribution in [3.63, 3.8) is 0 Å². The van der Waals surface area contributed by atoms with Crippen molar-refractivity contribution in [2.45, 2.75) is 45.1 Å². The summed E-state index contributed by atoms with van der Waals surface area (Å²) in [5.41, 5.74) is 0.826. The topological polar surface area (TPSA) is 83.8 Å². The highest BCUT2D eigenvalue weighted by molar-refractivity contribution is 5.95. The van der Waals surface area contributed by atoms with Crippen molar-refractivity contribution in [1.29, 1.82) is 0 Å². The minimum Gasteiger partial charge on any atom is -0.465 e. The normalized spacial score (nSPS) is 16.5. The molecule has 2 N–H and O–H groups in total. The second-order valence-electron chi connectivity index (χ2n) is 8.35. The summed E-state index contributed by atoms with van der Waals surface area (Å²) in [7, 11) is 0. The van der Waals surface area contributed by atoms with Gasteiger partial charge in [-0.05, 0) is 51.0 Å². The molecule has 1 atom stereocenters. The highest BCUT2D eigenvalue weighted by Crippen LogP contribution is 2.32. The summed E-state index contributed by atoms with van der Waals surface area (Å²) in [5, 5.41) is 12.3. The summed E-state index contributed by atoms with van der Waals surface area (Å²) in [6.07, 6.45) is -3.66. The molecule has 7 nitrogen and oxygen atoms in total. The summed E-state index contributed by atoms with van der Waals surface area (Å²) in [5.74, 6) is -0.645. The van der Waals surface area contributed by atoms with E-state index in [-0.39, 0.29) is 24.2 Å². The molecule has 0 aliphatic carbocycles. The number of carbonyl (C=O) groups excluding carboxylic acids is 1. The minimum atomic E-state index is -4.80. The number of aromatic nitrogens is 1. The van der Waals surface area contributed by atoms with E-state index in [0.29, 0.717) is 29.8 Å². The van der Waals surface area contributed by atoms with E-state index in [0.717, 1.165) is 0 Å². The monoisotopic (exact) mass is 439 g/mol. The number of hydrogen-bond donors (Lipinski definition) is 2. The molecule has 2 amide bonds. The number of hydrogen-bond acceptors (Lipinski definition) is 3. The van der Waals surface area contributed by atoms with Gasteiger partial charge >= 0.3 is 12.5 Å². The van der Waals surface area contributed by atoms with Gasteiger partial charge in [0.05, 0.1) is 6.04 Å². The number of halogens is 3. The Labute approximate surface area is 177 Å². The molecule has 2 aromatic rings. The zero-order chi connectivity index (χ0) is 23.0. The molecule has 2 heterocycles.